The maximum Gasteiger partial charge on any atom is 0.387 e. The van der Waals surface area contributed by atoms with E-state index in [-0.39, 0.29) is 17.7 Å². The fourth-order valence-electron chi connectivity index (χ4n) is 2.32. The van der Waals surface area contributed by atoms with E-state index >= 15 is 0 Å². The van der Waals surface area contributed by atoms with Crippen molar-refractivity contribution in [2.45, 2.75) is 38.3 Å². The average Bonchev–Trinajstić information content (AvgIpc) is 2.40. The Kier molecular flexibility index (Phi) is 5.79. The average molecular weight is 318 g/mol. The standard InChI is InChI=1S/C15H18ClF2NO2/c16-9-2-10-19(12-3-1-4-12)14(20)11-5-7-13(8-6-11)21-15(17)18/h5-8,12,15H,1-4,9-10H2. The summed E-state index contributed by atoms with van der Waals surface area (Å²) in [5.41, 5.74) is 0.484. The van der Waals surface area contributed by atoms with Crippen LogP contribution in [0, 0.1) is 0 Å². The lowest BCUT2D eigenvalue weighted by Crippen LogP contribution is -2.44. The second kappa shape index (κ2) is 7.59. The van der Waals surface area contributed by atoms with Gasteiger partial charge in [0.1, 0.15) is 5.75 Å². The van der Waals surface area contributed by atoms with Crippen molar-refractivity contribution in [1.29, 1.82) is 0 Å². The molecule has 0 N–H and O–H groups in total. The lowest BCUT2D eigenvalue weighted by atomic mass is 9.91. The van der Waals surface area contributed by atoms with Crippen LogP contribution in [0.3, 0.4) is 0 Å². The Morgan fingerprint density at radius 2 is 2.00 bits per heavy atom. The summed E-state index contributed by atoms with van der Waals surface area (Å²) in [5.74, 6) is 0.489. The van der Waals surface area contributed by atoms with Gasteiger partial charge in [-0.25, -0.2) is 0 Å². The van der Waals surface area contributed by atoms with Gasteiger partial charge >= 0.3 is 6.61 Å². The van der Waals surface area contributed by atoms with Crippen LogP contribution in [0.2, 0.25) is 0 Å². The molecule has 21 heavy (non-hydrogen) atoms. The van der Waals surface area contributed by atoms with E-state index in [1.54, 1.807) is 0 Å². The van der Waals surface area contributed by atoms with Crippen LogP contribution in [0.5, 0.6) is 5.75 Å². The van der Waals surface area contributed by atoms with Gasteiger partial charge in [-0.1, -0.05) is 0 Å². The number of rotatable bonds is 7. The maximum atomic E-state index is 12.5. The molecule has 0 unspecified atom stereocenters. The van der Waals surface area contributed by atoms with Gasteiger partial charge in [0.15, 0.2) is 0 Å². The fraction of sp³-hybridized carbons (Fsp3) is 0.533. The van der Waals surface area contributed by atoms with Crippen LogP contribution in [0.25, 0.3) is 0 Å². The first kappa shape index (κ1) is 16.0. The minimum Gasteiger partial charge on any atom is -0.435 e. The zero-order valence-corrected chi connectivity index (χ0v) is 12.4. The molecule has 1 aliphatic carbocycles. The number of ether oxygens (including phenoxy) is 1. The van der Waals surface area contributed by atoms with E-state index in [0.29, 0.717) is 18.0 Å². The molecule has 1 aliphatic rings. The highest BCUT2D eigenvalue weighted by atomic mass is 35.5. The minimum absolute atomic E-state index is 0.0532. The second-order valence-corrected chi connectivity index (χ2v) is 5.41. The van der Waals surface area contributed by atoms with Gasteiger partial charge in [0.25, 0.3) is 5.91 Å². The van der Waals surface area contributed by atoms with E-state index in [1.165, 1.54) is 24.3 Å². The zero-order chi connectivity index (χ0) is 15.2. The fourth-order valence-corrected chi connectivity index (χ4v) is 2.44. The number of hydrogen-bond donors (Lipinski definition) is 0. The Morgan fingerprint density at radius 3 is 2.48 bits per heavy atom. The largest absolute Gasteiger partial charge is 0.435 e. The van der Waals surface area contributed by atoms with Gasteiger partial charge in [0.05, 0.1) is 0 Å². The molecular weight excluding hydrogens is 300 g/mol. The van der Waals surface area contributed by atoms with Gasteiger partial charge in [0, 0.05) is 24.0 Å². The van der Waals surface area contributed by atoms with Gasteiger partial charge in [-0.2, -0.15) is 8.78 Å². The highest BCUT2D eigenvalue weighted by Gasteiger charge is 2.28. The lowest BCUT2D eigenvalue weighted by molar-refractivity contribution is -0.0498. The molecule has 0 atom stereocenters. The summed E-state index contributed by atoms with van der Waals surface area (Å²) in [6.07, 6.45) is 3.91. The number of benzene rings is 1. The summed E-state index contributed by atoms with van der Waals surface area (Å²) >= 11 is 5.71. The molecule has 6 heteroatoms. The second-order valence-electron chi connectivity index (χ2n) is 5.03. The molecule has 0 aromatic heterocycles. The summed E-state index contributed by atoms with van der Waals surface area (Å²) in [7, 11) is 0. The van der Waals surface area contributed by atoms with Crippen molar-refractivity contribution < 1.29 is 18.3 Å². The Hall–Kier alpha value is -1.36. The quantitative estimate of drug-likeness (QED) is 0.714. The van der Waals surface area contributed by atoms with Crippen molar-refractivity contribution >= 4 is 17.5 Å². The SMILES string of the molecule is O=C(c1ccc(OC(F)F)cc1)N(CCCCl)C1CCC1. The maximum absolute atomic E-state index is 12.5. The van der Waals surface area contributed by atoms with Crippen LogP contribution >= 0.6 is 11.6 Å². The Labute approximate surface area is 127 Å². The number of hydrogen-bond acceptors (Lipinski definition) is 2. The third-order valence-corrected chi connectivity index (χ3v) is 3.90. The number of nitrogens with zero attached hydrogens (tertiary/aromatic N) is 1. The van der Waals surface area contributed by atoms with Crippen molar-refractivity contribution in [2.24, 2.45) is 0 Å². The van der Waals surface area contributed by atoms with Gasteiger partial charge in [-0.3, -0.25) is 4.79 Å². The number of halogens is 3. The normalized spacial score (nSPS) is 14.9. The van der Waals surface area contributed by atoms with Crippen molar-refractivity contribution in [1.82, 2.24) is 4.90 Å². The van der Waals surface area contributed by atoms with Crippen molar-refractivity contribution in [3.05, 3.63) is 29.8 Å². The molecule has 116 valence electrons. The first-order valence-corrected chi connectivity index (χ1v) is 7.57. The smallest absolute Gasteiger partial charge is 0.387 e. The van der Waals surface area contributed by atoms with Crippen molar-refractivity contribution in [3.63, 3.8) is 0 Å². The molecule has 1 aromatic rings. The highest BCUT2D eigenvalue weighted by Crippen LogP contribution is 2.27. The zero-order valence-electron chi connectivity index (χ0n) is 11.6. The number of amides is 1. The van der Waals surface area contributed by atoms with E-state index in [9.17, 15) is 13.6 Å². The molecule has 1 saturated carbocycles. The van der Waals surface area contributed by atoms with Crippen LogP contribution in [-0.2, 0) is 0 Å². The van der Waals surface area contributed by atoms with Crippen LogP contribution < -0.4 is 4.74 Å². The number of carbonyl (C=O) groups excluding carboxylic acids is 1. The van der Waals surface area contributed by atoms with Crippen molar-refractivity contribution in [3.8, 4) is 5.75 Å². The predicted molar refractivity (Wildman–Crippen MR) is 77.1 cm³/mol. The van der Waals surface area contributed by atoms with Gasteiger partial charge in [0.2, 0.25) is 0 Å². The lowest BCUT2D eigenvalue weighted by Gasteiger charge is -2.37. The molecule has 0 radical (unpaired) electrons. The number of carbonyl (C=O) groups is 1. The van der Waals surface area contributed by atoms with Gasteiger partial charge in [-0.15, -0.1) is 11.6 Å². The summed E-state index contributed by atoms with van der Waals surface area (Å²) in [4.78, 5) is 14.4. The predicted octanol–water partition coefficient (Wildman–Crippen LogP) is 3.91. The first-order valence-electron chi connectivity index (χ1n) is 7.03. The van der Waals surface area contributed by atoms with Crippen LogP contribution in [0.4, 0.5) is 8.78 Å². The molecule has 1 aromatic carbocycles. The molecule has 2 rings (SSSR count). The molecule has 1 amide bonds. The van der Waals surface area contributed by atoms with Crippen molar-refractivity contribution in [2.75, 3.05) is 12.4 Å². The summed E-state index contributed by atoms with van der Waals surface area (Å²) in [6, 6.07) is 6.09. The topological polar surface area (TPSA) is 29.5 Å². The minimum atomic E-state index is -2.86. The summed E-state index contributed by atoms with van der Waals surface area (Å²) in [5, 5.41) is 0. The molecular formula is C15H18ClF2NO2. The summed E-state index contributed by atoms with van der Waals surface area (Å²) < 4.78 is 28.5. The first-order chi connectivity index (χ1) is 10.1. The Bertz CT molecular complexity index is 463. The van der Waals surface area contributed by atoms with E-state index in [4.69, 9.17) is 11.6 Å². The molecule has 0 aliphatic heterocycles. The van der Waals surface area contributed by atoms with Crippen LogP contribution in [0.1, 0.15) is 36.0 Å². The van der Waals surface area contributed by atoms with E-state index in [1.807, 2.05) is 4.90 Å². The van der Waals surface area contributed by atoms with Crippen LogP contribution in [-0.4, -0.2) is 35.9 Å². The molecule has 0 bridgehead atoms. The third kappa shape index (κ3) is 4.30. The molecule has 0 heterocycles. The monoisotopic (exact) mass is 317 g/mol. The number of alkyl halides is 3. The third-order valence-electron chi connectivity index (χ3n) is 3.64. The van der Waals surface area contributed by atoms with Crippen LogP contribution in [0.15, 0.2) is 24.3 Å². The van der Waals surface area contributed by atoms with E-state index in [2.05, 4.69) is 4.74 Å². The highest BCUT2D eigenvalue weighted by molar-refractivity contribution is 6.17. The molecule has 0 saturated heterocycles. The summed E-state index contributed by atoms with van der Waals surface area (Å²) in [6.45, 7) is -2.23. The Morgan fingerprint density at radius 1 is 1.33 bits per heavy atom. The van der Waals surface area contributed by atoms with E-state index < -0.39 is 6.61 Å². The Balaban J connectivity index is 2.04. The van der Waals surface area contributed by atoms with E-state index in [0.717, 1.165) is 25.7 Å². The molecule has 0 spiro atoms. The van der Waals surface area contributed by atoms with Gasteiger partial charge < -0.3 is 9.64 Å². The van der Waals surface area contributed by atoms with Gasteiger partial charge in [-0.05, 0) is 49.9 Å². The molecule has 3 nitrogen and oxygen atoms in total. The molecule has 1 fully saturated rings.